The number of benzene rings is 1. The zero-order valence-electron chi connectivity index (χ0n) is 16.9. The van der Waals surface area contributed by atoms with Gasteiger partial charge in [0.2, 0.25) is 0 Å². The van der Waals surface area contributed by atoms with Crippen LogP contribution in [0.2, 0.25) is 0 Å². The van der Waals surface area contributed by atoms with E-state index in [4.69, 9.17) is 8.22 Å². The molecule has 0 aliphatic carbocycles. The van der Waals surface area contributed by atoms with Crippen LogP contribution in [0.3, 0.4) is 0 Å². The van der Waals surface area contributed by atoms with Crippen molar-refractivity contribution in [3.63, 3.8) is 0 Å². The first-order valence-corrected chi connectivity index (χ1v) is 6.40. The van der Waals surface area contributed by atoms with Crippen LogP contribution in [0.1, 0.15) is 32.3 Å². The van der Waals surface area contributed by atoms with Crippen molar-refractivity contribution >= 4 is 11.6 Å². The summed E-state index contributed by atoms with van der Waals surface area (Å²) < 4.78 is 44.4. The summed E-state index contributed by atoms with van der Waals surface area (Å²) >= 11 is 0. The summed E-state index contributed by atoms with van der Waals surface area (Å²) in [6.45, 7) is -2.48. The Morgan fingerprint density at radius 1 is 1.26 bits per heavy atom. The molecular formula is C15H23N3O. The van der Waals surface area contributed by atoms with Gasteiger partial charge in [0.15, 0.2) is 0 Å². The van der Waals surface area contributed by atoms with Gasteiger partial charge in [0.05, 0.1) is 0 Å². The molecule has 0 spiro atoms. The van der Waals surface area contributed by atoms with Crippen LogP contribution in [0.15, 0.2) is 24.3 Å². The molecule has 0 aromatic heterocycles. The molecule has 2 rings (SSSR count). The number of amides is 1. The maximum Gasteiger partial charge on any atom is 0.253 e. The van der Waals surface area contributed by atoms with E-state index in [0.29, 0.717) is 24.3 Å². The average molecular weight is 267 g/mol. The minimum Gasteiger partial charge on any atom is -0.372 e. The zero-order chi connectivity index (χ0) is 18.7. The van der Waals surface area contributed by atoms with Crippen molar-refractivity contribution in [3.8, 4) is 0 Å². The van der Waals surface area contributed by atoms with Crippen molar-refractivity contribution in [2.24, 2.45) is 0 Å². The Balaban J connectivity index is 2.15. The van der Waals surface area contributed by atoms with E-state index in [-0.39, 0.29) is 19.0 Å². The molecule has 4 nitrogen and oxygen atoms in total. The fraction of sp³-hybridized carbons (Fsp3) is 0.533. The predicted octanol–water partition coefficient (Wildman–Crippen LogP) is 1.58. The third-order valence-electron chi connectivity index (χ3n) is 3.27. The normalized spacial score (nSPS) is 21.4. The van der Waals surface area contributed by atoms with Crippen LogP contribution in [0.4, 0.5) is 5.69 Å². The smallest absolute Gasteiger partial charge is 0.253 e. The molecule has 1 N–H and O–H groups in total. The largest absolute Gasteiger partial charge is 0.372 e. The summed E-state index contributed by atoms with van der Waals surface area (Å²) in [6, 6.07) is 6.44. The van der Waals surface area contributed by atoms with Gasteiger partial charge in [-0.15, -0.1) is 0 Å². The molecular weight excluding hydrogens is 238 g/mol. The van der Waals surface area contributed by atoms with Crippen molar-refractivity contribution in [2.75, 3.05) is 44.2 Å². The average Bonchev–Trinajstić information content (AvgIpc) is 2.52. The molecule has 104 valence electrons. The van der Waals surface area contributed by atoms with Crippen LogP contribution >= 0.6 is 0 Å². The molecule has 1 aliphatic rings. The Kier molecular flexibility index (Phi) is 2.73. The zero-order valence-corrected chi connectivity index (χ0v) is 10.9. The first-order valence-electron chi connectivity index (χ1n) is 9.40. The molecule has 1 aliphatic heterocycles. The number of rotatable bonds is 4. The maximum atomic E-state index is 12.4. The van der Waals surface area contributed by atoms with E-state index in [9.17, 15) is 4.79 Å². The SMILES string of the molecule is [2H]C([2H])([2H])CN(CC([2H])([2H])[2H])c1ccc(C(=O)N2CCNCC2)cc1. The van der Waals surface area contributed by atoms with Crippen LogP contribution in [0.25, 0.3) is 0 Å². The lowest BCUT2D eigenvalue weighted by Gasteiger charge is -2.27. The highest BCUT2D eigenvalue weighted by Crippen LogP contribution is 2.16. The number of anilines is 1. The number of piperazine rings is 1. The molecule has 1 heterocycles. The predicted molar refractivity (Wildman–Crippen MR) is 78.8 cm³/mol. The molecule has 0 bridgehead atoms. The number of nitrogens with one attached hydrogen (secondary N) is 1. The second-order valence-electron chi connectivity index (χ2n) is 4.45. The fourth-order valence-corrected chi connectivity index (χ4v) is 2.10. The summed E-state index contributed by atoms with van der Waals surface area (Å²) in [5.74, 6) is -0.0776. The lowest BCUT2D eigenvalue weighted by Crippen LogP contribution is -2.46. The monoisotopic (exact) mass is 267 g/mol. The minimum absolute atomic E-state index is 0.0776. The molecule has 0 unspecified atom stereocenters. The van der Waals surface area contributed by atoms with E-state index >= 15 is 0 Å². The fourth-order valence-electron chi connectivity index (χ4n) is 2.10. The first kappa shape index (κ1) is 7.90. The molecule has 0 saturated carbocycles. The standard InChI is InChI=1S/C15H23N3O/c1-3-17(4-2)14-7-5-13(6-8-14)15(19)18-11-9-16-10-12-18/h5-8,16H,3-4,9-12H2,1-2H3/i1D3,2D3. The summed E-state index contributed by atoms with van der Waals surface area (Å²) in [5, 5.41) is 3.18. The Morgan fingerprint density at radius 2 is 1.89 bits per heavy atom. The minimum atomic E-state index is -2.28. The Labute approximate surface area is 123 Å². The Bertz CT molecular complexity index is 562. The molecule has 1 fully saturated rings. The van der Waals surface area contributed by atoms with Gasteiger partial charge in [0.25, 0.3) is 5.91 Å². The summed E-state index contributed by atoms with van der Waals surface area (Å²) in [6.07, 6.45) is 0. The molecule has 1 amide bonds. The first-order chi connectivity index (χ1) is 11.6. The highest BCUT2D eigenvalue weighted by atomic mass is 16.2. The highest BCUT2D eigenvalue weighted by Gasteiger charge is 2.17. The van der Waals surface area contributed by atoms with Gasteiger partial charge in [0, 0.05) is 58.7 Å². The van der Waals surface area contributed by atoms with Crippen molar-refractivity contribution in [2.45, 2.75) is 13.7 Å². The van der Waals surface area contributed by atoms with Crippen LogP contribution in [-0.4, -0.2) is 50.1 Å². The summed E-state index contributed by atoms with van der Waals surface area (Å²) in [7, 11) is 0. The van der Waals surface area contributed by atoms with Gasteiger partial charge >= 0.3 is 0 Å². The second-order valence-corrected chi connectivity index (χ2v) is 4.45. The molecule has 0 radical (unpaired) electrons. The van der Waals surface area contributed by atoms with Crippen LogP contribution in [0.5, 0.6) is 0 Å². The van der Waals surface area contributed by atoms with E-state index in [1.807, 2.05) is 0 Å². The van der Waals surface area contributed by atoms with E-state index in [2.05, 4.69) is 5.32 Å². The number of nitrogens with zero attached hydrogens (tertiary/aromatic N) is 2. The van der Waals surface area contributed by atoms with Crippen molar-refractivity contribution in [1.29, 1.82) is 0 Å². The summed E-state index contributed by atoms with van der Waals surface area (Å²) in [5.41, 5.74) is 0.984. The van der Waals surface area contributed by atoms with E-state index in [0.717, 1.165) is 13.1 Å². The highest BCUT2D eigenvalue weighted by molar-refractivity contribution is 5.94. The van der Waals surface area contributed by atoms with Gasteiger partial charge in [-0.1, -0.05) is 0 Å². The quantitative estimate of drug-likeness (QED) is 0.899. The molecule has 1 aromatic carbocycles. The van der Waals surface area contributed by atoms with Crippen LogP contribution in [0, 0.1) is 0 Å². The van der Waals surface area contributed by atoms with Gasteiger partial charge in [-0.25, -0.2) is 0 Å². The second kappa shape index (κ2) is 6.57. The maximum absolute atomic E-state index is 12.4. The van der Waals surface area contributed by atoms with E-state index in [1.165, 1.54) is 4.90 Å². The Morgan fingerprint density at radius 3 is 2.47 bits per heavy atom. The van der Waals surface area contributed by atoms with Gasteiger partial charge in [-0.05, 0) is 38.0 Å². The van der Waals surface area contributed by atoms with E-state index in [1.54, 1.807) is 29.2 Å². The number of hydrogen-bond donors (Lipinski definition) is 1. The number of carbonyl (C=O) groups is 1. The Hall–Kier alpha value is -1.55. The third kappa shape index (κ3) is 3.26. The lowest BCUT2D eigenvalue weighted by molar-refractivity contribution is 0.0736. The lowest BCUT2D eigenvalue weighted by atomic mass is 10.1. The third-order valence-corrected chi connectivity index (χ3v) is 3.27. The van der Waals surface area contributed by atoms with Crippen molar-refractivity contribution < 1.29 is 13.0 Å². The van der Waals surface area contributed by atoms with Gasteiger partial charge < -0.3 is 15.1 Å². The summed E-state index contributed by atoms with van der Waals surface area (Å²) in [4.78, 5) is 15.5. The van der Waals surface area contributed by atoms with Crippen molar-refractivity contribution in [1.82, 2.24) is 10.2 Å². The van der Waals surface area contributed by atoms with Gasteiger partial charge in [-0.2, -0.15) is 0 Å². The van der Waals surface area contributed by atoms with E-state index < -0.39 is 13.7 Å². The number of hydrogen-bond acceptors (Lipinski definition) is 3. The molecule has 1 aromatic rings. The molecule has 4 heteroatoms. The topological polar surface area (TPSA) is 35.6 Å². The molecule has 0 atom stereocenters. The molecule has 1 saturated heterocycles. The van der Waals surface area contributed by atoms with Crippen LogP contribution < -0.4 is 10.2 Å². The van der Waals surface area contributed by atoms with Crippen molar-refractivity contribution in [3.05, 3.63) is 29.8 Å². The number of carbonyl (C=O) groups excluding carboxylic acids is 1. The van der Waals surface area contributed by atoms with Gasteiger partial charge in [-0.3, -0.25) is 4.79 Å². The molecule has 19 heavy (non-hydrogen) atoms. The van der Waals surface area contributed by atoms with Crippen LogP contribution in [-0.2, 0) is 0 Å². The van der Waals surface area contributed by atoms with Gasteiger partial charge in [0.1, 0.15) is 0 Å².